The molecule has 0 spiro atoms. The summed E-state index contributed by atoms with van der Waals surface area (Å²) < 4.78 is 0. The van der Waals surface area contributed by atoms with Crippen molar-refractivity contribution in [3.8, 4) is 0 Å². The quantitative estimate of drug-likeness (QED) is 0.622. The van der Waals surface area contributed by atoms with Gasteiger partial charge in [0.1, 0.15) is 0 Å². The van der Waals surface area contributed by atoms with Crippen LogP contribution in [0.4, 0.5) is 0 Å². The van der Waals surface area contributed by atoms with Crippen molar-refractivity contribution < 1.29 is 0 Å². The third kappa shape index (κ3) is 1.93. The van der Waals surface area contributed by atoms with Crippen LogP contribution < -0.4 is 5.32 Å². The molecule has 1 unspecified atom stereocenters. The summed E-state index contributed by atoms with van der Waals surface area (Å²) in [4.78, 5) is 6.71. The number of amidine groups is 1. The van der Waals surface area contributed by atoms with Gasteiger partial charge in [-0.3, -0.25) is 4.99 Å². The van der Waals surface area contributed by atoms with E-state index in [4.69, 9.17) is 0 Å². The van der Waals surface area contributed by atoms with E-state index >= 15 is 0 Å². The fraction of sp³-hybridized carbons (Fsp3) is 0.875. The minimum absolute atomic E-state index is 0.540. The van der Waals surface area contributed by atoms with E-state index in [0.717, 1.165) is 19.6 Å². The standard InChI is InChI=1S/C8H17N3/c1-4-11-6-8(9-3)5-10-7(11)2/h8-9H,4-6H2,1-3H3. The molecule has 0 aromatic heterocycles. The molecule has 0 radical (unpaired) electrons. The molecule has 1 atom stereocenters. The van der Waals surface area contributed by atoms with E-state index < -0.39 is 0 Å². The highest BCUT2D eigenvalue weighted by atomic mass is 15.2. The molecule has 0 aromatic carbocycles. The van der Waals surface area contributed by atoms with Crippen molar-refractivity contribution in [2.75, 3.05) is 26.7 Å². The molecule has 0 fully saturated rings. The minimum atomic E-state index is 0.540. The van der Waals surface area contributed by atoms with E-state index in [-0.39, 0.29) is 0 Å². The second kappa shape index (κ2) is 3.72. The van der Waals surface area contributed by atoms with Crippen LogP contribution in [0.5, 0.6) is 0 Å². The molecule has 0 saturated carbocycles. The zero-order chi connectivity index (χ0) is 8.27. The third-order valence-corrected chi connectivity index (χ3v) is 2.23. The largest absolute Gasteiger partial charge is 0.359 e. The highest BCUT2D eigenvalue weighted by Crippen LogP contribution is 2.02. The molecule has 3 heteroatoms. The van der Waals surface area contributed by atoms with Gasteiger partial charge in [0.15, 0.2) is 0 Å². The molecule has 0 bridgehead atoms. The number of likely N-dealkylation sites (N-methyl/N-ethyl adjacent to an activating group) is 2. The minimum Gasteiger partial charge on any atom is -0.359 e. The molecule has 11 heavy (non-hydrogen) atoms. The Morgan fingerprint density at radius 2 is 2.45 bits per heavy atom. The number of rotatable bonds is 2. The first kappa shape index (κ1) is 8.53. The zero-order valence-corrected chi connectivity index (χ0v) is 7.59. The lowest BCUT2D eigenvalue weighted by atomic mass is 10.2. The smallest absolute Gasteiger partial charge is 0.0958 e. The highest BCUT2D eigenvalue weighted by Gasteiger charge is 2.16. The molecule has 3 nitrogen and oxygen atoms in total. The van der Waals surface area contributed by atoms with Crippen molar-refractivity contribution in [2.45, 2.75) is 19.9 Å². The van der Waals surface area contributed by atoms with Crippen LogP contribution in [-0.2, 0) is 0 Å². The Hall–Kier alpha value is -0.570. The Labute approximate surface area is 68.5 Å². The van der Waals surface area contributed by atoms with Crippen LogP contribution >= 0.6 is 0 Å². The summed E-state index contributed by atoms with van der Waals surface area (Å²) in [6.07, 6.45) is 0. The topological polar surface area (TPSA) is 27.6 Å². The fourth-order valence-electron chi connectivity index (χ4n) is 1.34. The van der Waals surface area contributed by atoms with Crippen LogP contribution in [0, 0.1) is 0 Å². The maximum Gasteiger partial charge on any atom is 0.0958 e. The summed E-state index contributed by atoms with van der Waals surface area (Å²) in [6.45, 7) is 7.33. The van der Waals surface area contributed by atoms with Crippen LogP contribution in [0.15, 0.2) is 4.99 Å². The van der Waals surface area contributed by atoms with Gasteiger partial charge in [0, 0.05) is 19.1 Å². The fourth-order valence-corrected chi connectivity index (χ4v) is 1.34. The molecular weight excluding hydrogens is 138 g/mol. The molecule has 0 saturated heterocycles. The molecule has 1 heterocycles. The Bertz CT molecular complexity index is 153. The number of hydrogen-bond acceptors (Lipinski definition) is 3. The maximum absolute atomic E-state index is 4.41. The first-order chi connectivity index (χ1) is 5.27. The van der Waals surface area contributed by atoms with Crippen molar-refractivity contribution in [3.63, 3.8) is 0 Å². The number of aliphatic imine (C=N–C) groups is 1. The van der Waals surface area contributed by atoms with Gasteiger partial charge in [-0.1, -0.05) is 0 Å². The Morgan fingerprint density at radius 1 is 1.73 bits per heavy atom. The van der Waals surface area contributed by atoms with Gasteiger partial charge in [-0.15, -0.1) is 0 Å². The summed E-state index contributed by atoms with van der Waals surface area (Å²) in [7, 11) is 1.99. The first-order valence-corrected chi connectivity index (χ1v) is 4.21. The summed E-state index contributed by atoms with van der Waals surface area (Å²) in [5.74, 6) is 1.18. The number of hydrogen-bond donors (Lipinski definition) is 1. The summed E-state index contributed by atoms with van der Waals surface area (Å²) >= 11 is 0. The van der Waals surface area contributed by atoms with Gasteiger partial charge < -0.3 is 10.2 Å². The molecule has 0 aromatic rings. The molecule has 0 aliphatic carbocycles. The van der Waals surface area contributed by atoms with Gasteiger partial charge in [0.2, 0.25) is 0 Å². The molecule has 0 amide bonds. The van der Waals surface area contributed by atoms with E-state index in [9.17, 15) is 0 Å². The molecule has 1 aliphatic rings. The Balaban J connectivity index is 2.53. The molecule has 64 valence electrons. The van der Waals surface area contributed by atoms with E-state index in [2.05, 4.69) is 29.1 Å². The Morgan fingerprint density at radius 3 is 3.00 bits per heavy atom. The Kier molecular flexibility index (Phi) is 2.88. The average Bonchev–Trinajstić information content (AvgIpc) is 2.05. The van der Waals surface area contributed by atoms with E-state index in [1.165, 1.54) is 5.84 Å². The third-order valence-electron chi connectivity index (χ3n) is 2.23. The van der Waals surface area contributed by atoms with Crippen molar-refractivity contribution >= 4 is 5.84 Å². The number of nitrogens with one attached hydrogen (secondary N) is 1. The van der Waals surface area contributed by atoms with E-state index in [0.29, 0.717) is 6.04 Å². The van der Waals surface area contributed by atoms with Crippen molar-refractivity contribution in [1.82, 2.24) is 10.2 Å². The summed E-state index contributed by atoms with van der Waals surface area (Å²) in [6, 6.07) is 0.540. The zero-order valence-electron chi connectivity index (χ0n) is 7.59. The average molecular weight is 155 g/mol. The normalized spacial score (nSPS) is 25.2. The maximum atomic E-state index is 4.41. The van der Waals surface area contributed by atoms with Crippen LogP contribution in [-0.4, -0.2) is 43.5 Å². The predicted octanol–water partition coefficient (Wildman–Crippen LogP) is 0.328. The van der Waals surface area contributed by atoms with Gasteiger partial charge in [0.05, 0.1) is 12.4 Å². The lowest BCUT2D eigenvalue weighted by Crippen LogP contribution is -2.47. The molecule has 1 N–H and O–H groups in total. The second-order valence-corrected chi connectivity index (χ2v) is 2.91. The molecule has 1 aliphatic heterocycles. The molecular formula is C8H17N3. The summed E-state index contributed by atoms with van der Waals surface area (Å²) in [5.41, 5.74) is 0. The first-order valence-electron chi connectivity index (χ1n) is 4.21. The SMILES string of the molecule is CCN1CC(NC)CN=C1C. The lowest BCUT2D eigenvalue weighted by Gasteiger charge is -2.31. The lowest BCUT2D eigenvalue weighted by molar-refractivity contribution is 0.353. The van der Waals surface area contributed by atoms with E-state index in [1.54, 1.807) is 0 Å². The predicted molar refractivity (Wildman–Crippen MR) is 48.1 cm³/mol. The van der Waals surface area contributed by atoms with Crippen LogP contribution in [0.1, 0.15) is 13.8 Å². The van der Waals surface area contributed by atoms with Gasteiger partial charge in [0.25, 0.3) is 0 Å². The van der Waals surface area contributed by atoms with Crippen LogP contribution in [0.25, 0.3) is 0 Å². The van der Waals surface area contributed by atoms with Crippen molar-refractivity contribution in [2.24, 2.45) is 4.99 Å². The monoisotopic (exact) mass is 155 g/mol. The molecule has 1 rings (SSSR count). The van der Waals surface area contributed by atoms with Gasteiger partial charge >= 0.3 is 0 Å². The van der Waals surface area contributed by atoms with Gasteiger partial charge in [-0.05, 0) is 20.9 Å². The number of nitrogens with zero attached hydrogens (tertiary/aromatic N) is 2. The second-order valence-electron chi connectivity index (χ2n) is 2.91. The van der Waals surface area contributed by atoms with Crippen molar-refractivity contribution in [1.29, 1.82) is 0 Å². The van der Waals surface area contributed by atoms with Gasteiger partial charge in [-0.25, -0.2) is 0 Å². The van der Waals surface area contributed by atoms with Crippen LogP contribution in [0.3, 0.4) is 0 Å². The van der Waals surface area contributed by atoms with Gasteiger partial charge in [-0.2, -0.15) is 0 Å². The van der Waals surface area contributed by atoms with Crippen LogP contribution in [0.2, 0.25) is 0 Å². The van der Waals surface area contributed by atoms with Crippen molar-refractivity contribution in [3.05, 3.63) is 0 Å². The summed E-state index contributed by atoms with van der Waals surface area (Å²) in [5, 5.41) is 3.24. The highest BCUT2D eigenvalue weighted by molar-refractivity contribution is 5.80. The van der Waals surface area contributed by atoms with E-state index in [1.807, 2.05) is 7.05 Å².